The van der Waals surface area contributed by atoms with Crippen LogP contribution in [0.5, 0.6) is 0 Å². The molecule has 8 nitrogen and oxygen atoms in total. The van der Waals surface area contributed by atoms with Gasteiger partial charge in [-0.2, -0.15) is 18.3 Å². The molecule has 1 atom stereocenters. The Bertz CT molecular complexity index is 2060. The second kappa shape index (κ2) is 10.5. The lowest BCUT2D eigenvalue weighted by Gasteiger charge is -2.19. The van der Waals surface area contributed by atoms with Gasteiger partial charge in [-0.15, -0.1) is 5.10 Å². The number of rotatable bonds is 6. The highest BCUT2D eigenvalue weighted by molar-refractivity contribution is 6.31. The summed E-state index contributed by atoms with van der Waals surface area (Å²) in [4.78, 5) is 26.4. The molecule has 2 aromatic heterocycles. The zero-order valence-corrected chi connectivity index (χ0v) is 22.4. The Morgan fingerprint density at radius 2 is 1.77 bits per heavy atom. The third-order valence-corrected chi connectivity index (χ3v) is 7.49. The molecule has 1 aliphatic rings. The number of imidazole rings is 1. The molecule has 0 bridgehead atoms. The molecule has 0 spiro atoms. The largest absolute Gasteiger partial charge is 0.417 e. The van der Waals surface area contributed by atoms with Crippen molar-refractivity contribution < 1.29 is 39.9 Å². The third kappa shape index (κ3) is 4.69. The summed E-state index contributed by atoms with van der Waals surface area (Å²) in [6.45, 7) is -2.71. The van der Waals surface area contributed by atoms with Crippen LogP contribution >= 0.6 is 11.6 Å². The van der Waals surface area contributed by atoms with Crippen LogP contribution in [0.25, 0.3) is 21.8 Å². The van der Waals surface area contributed by atoms with E-state index in [4.69, 9.17) is 11.6 Å². The topological polar surface area (TPSA) is 93.8 Å². The number of benzene rings is 3. The number of hydrogen-bond acceptors (Lipinski definition) is 5. The van der Waals surface area contributed by atoms with Crippen molar-refractivity contribution >= 4 is 50.8 Å². The molecular formula is C27H15ClF8N6O2. The maximum absolute atomic E-state index is 14.4. The van der Waals surface area contributed by atoms with Crippen molar-refractivity contribution in [3.05, 3.63) is 92.0 Å². The van der Waals surface area contributed by atoms with Gasteiger partial charge in [0.15, 0.2) is 12.6 Å². The molecule has 6 rings (SSSR count). The lowest BCUT2D eigenvalue weighted by atomic mass is 9.95. The van der Waals surface area contributed by atoms with Crippen molar-refractivity contribution in [1.82, 2.24) is 24.6 Å². The molecule has 0 radical (unpaired) electrons. The molecular weight excluding hydrogens is 628 g/mol. The fourth-order valence-electron chi connectivity index (χ4n) is 5.41. The number of fused-ring (bicyclic) bond motifs is 4. The summed E-state index contributed by atoms with van der Waals surface area (Å²) in [5, 5.41) is 11.6. The number of nitrogens with zero attached hydrogens (tertiary/aromatic N) is 4. The Balaban J connectivity index is 1.69. The zero-order valence-electron chi connectivity index (χ0n) is 21.6. The van der Waals surface area contributed by atoms with Crippen LogP contribution in [0.2, 0.25) is 5.02 Å². The summed E-state index contributed by atoms with van der Waals surface area (Å²) in [6, 6.07) is 4.02. The van der Waals surface area contributed by atoms with E-state index in [1.54, 1.807) is 0 Å². The Morgan fingerprint density at radius 3 is 2.45 bits per heavy atom. The number of hydrogen-bond donors (Lipinski definition) is 2. The van der Waals surface area contributed by atoms with Crippen LogP contribution in [0.3, 0.4) is 0 Å². The number of amides is 1. The minimum Gasteiger partial charge on any atom is -0.341 e. The van der Waals surface area contributed by atoms with Crippen molar-refractivity contribution in [2.75, 3.05) is 5.32 Å². The minimum atomic E-state index is -4.99. The third-order valence-electron chi connectivity index (χ3n) is 7.15. The van der Waals surface area contributed by atoms with Gasteiger partial charge < -0.3 is 10.6 Å². The van der Waals surface area contributed by atoms with Gasteiger partial charge >= 0.3 is 11.9 Å². The van der Waals surface area contributed by atoms with Crippen molar-refractivity contribution in [2.45, 2.75) is 32.0 Å². The Morgan fingerprint density at radius 1 is 1.02 bits per heavy atom. The van der Waals surface area contributed by atoms with E-state index in [-0.39, 0.29) is 44.5 Å². The first kappa shape index (κ1) is 29.3. The monoisotopic (exact) mass is 642 g/mol. The summed E-state index contributed by atoms with van der Waals surface area (Å²) in [7, 11) is 0. The molecule has 2 N–H and O–H groups in total. The Labute approximate surface area is 244 Å². The predicted octanol–water partition coefficient (Wildman–Crippen LogP) is 6.47. The van der Waals surface area contributed by atoms with E-state index < -0.39 is 77.4 Å². The molecule has 44 heavy (non-hydrogen) atoms. The molecule has 0 fully saturated rings. The number of anilines is 2. The first-order valence-electron chi connectivity index (χ1n) is 12.5. The predicted molar refractivity (Wildman–Crippen MR) is 142 cm³/mol. The van der Waals surface area contributed by atoms with Gasteiger partial charge in [0, 0.05) is 32.6 Å². The highest BCUT2D eigenvalue weighted by Gasteiger charge is 2.39. The van der Waals surface area contributed by atoms with Gasteiger partial charge in [0.2, 0.25) is 0 Å². The Kier molecular flexibility index (Phi) is 6.98. The molecule has 1 amide bonds. The summed E-state index contributed by atoms with van der Waals surface area (Å²) >= 11 is 6.31. The average Bonchev–Trinajstić information content (AvgIpc) is 3.42. The maximum atomic E-state index is 14.4. The molecule has 3 aromatic carbocycles. The molecule has 1 aliphatic heterocycles. The van der Waals surface area contributed by atoms with Crippen LogP contribution < -0.4 is 16.3 Å². The van der Waals surface area contributed by atoms with Gasteiger partial charge in [0.1, 0.15) is 11.6 Å². The van der Waals surface area contributed by atoms with E-state index in [1.165, 1.54) is 6.07 Å². The Hall–Kier alpha value is -4.73. The molecule has 1 unspecified atom stereocenters. The standard InChI is InChI=1S/C27H15ClF8N6O2/c28-16-2-1-10(30)3-13(16)22-20-17(38-24-12-4-11(31)5-15(27(34,35)36)14(12)7-37-40-24)6-18-23(21(20)25(43)39-22)42(9-29)26(44)41(18)8-19(32)33/h1-7,19,22H,8-9H2,(H,38,40)(H,39,43). The van der Waals surface area contributed by atoms with E-state index in [1.807, 2.05) is 0 Å². The highest BCUT2D eigenvalue weighted by Crippen LogP contribution is 2.44. The number of carbonyl (C=O) groups excluding carboxylic acids is 1. The first-order chi connectivity index (χ1) is 20.8. The molecule has 3 heterocycles. The van der Waals surface area contributed by atoms with E-state index in [0.29, 0.717) is 9.13 Å². The van der Waals surface area contributed by atoms with E-state index in [9.17, 15) is 44.7 Å². The second-order valence-electron chi connectivity index (χ2n) is 9.72. The molecule has 228 valence electrons. The van der Waals surface area contributed by atoms with Crippen LogP contribution in [-0.4, -0.2) is 31.7 Å². The molecule has 0 saturated carbocycles. The van der Waals surface area contributed by atoms with Crippen LogP contribution in [0.15, 0.2) is 47.4 Å². The van der Waals surface area contributed by atoms with Crippen molar-refractivity contribution in [1.29, 1.82) is 0 Å². The maximum Gasteiger partial charge on any atom is 0.417 e. The van der Waals surface area contributed by atoms with Gasteiger partial charge in [-0.3, -0.25) is 13.9 Å². The van der Waals surface area contributed by atoms with Crippen LogP contribution in [0.4, 0.5) is 46.6 Å². The zero-order chi connectivity index (χ0) is 31.7. The molecule has 17 heteroatoms. The van der Waals surface area contributed by atoms with E-state index in [2.05, 4.69) is 20.8 Å². The first-order valence-corrected chi connectivity index (χ1v) is 12.9. The van der Waals surface area contributed by atoms with Gasteiger partial charge in [-0.25, -0.2) is 26.7 Å². The van der Waals surface area contributed by atoms with Gasteiger partial charge in [-0.1, -0.05) is 11.6 Å². The molecule has 5 aromatic rings. The van der Waals surface area contributed by atoms with Gasteiger partial charge in [-0.05, 0) is 36.4 Å². The van der Waals surface area contributed by atoms with Gasteiger partial charge in [0.05, 0.1) is 40.9 Å². The quantitative estimate of drug-likeness (QED) is 0.207. The summed E-state index contributed by atoms with van der Waals surface area (Å²) in [5.41, 5.74) is -3.99. The number of carbonyl (C=O) groups is 1. The lowest BCUT2D eigenvalue weighted by molar-refractivity contribution is -0.136. The van der Waals surface area contributed by atoms with Crippen LogP contribution in [-0.2, 0) is 19.5 Å². The fourth-order valence-corrected chi connectivity index (χ4v) is 5.63. The SMILES string of the molecule is O=C1NC(c2cc(F)ccc2Cl)c2c(Nc3nncc4c(C(F)(F)F)cc(F)cc34)cc3c(c21)n(CF)c(=O)n3CC(F)F. The summed E-state index contributed by atoms with van der Waals surface area (Å²) in [5.74, 6) is -3.41. The second-order valence-corrected chi connectivity index (χ2v) is 10.1. The van der Waals surface area contributed by atoms with Gasteiger partial charge in [0.25, 0.3) is 12.3 Å². The molecule has 0 saturated heterocycles. The van der Waals surface area contributed by atoms with Crippen molar-refractivity contribution in [2.24, 2.45) is 0 Å². The number of halogens is 9. The van der Waals surface area contributed by atoms with E-state index in [0.717, 1.165) is 30.5 Å². The van der Waals surface area contributed by atoms with E-state index >= 15 is 0 Å². The normalized spacial score (nSPS) is 15.0. The molecule has 0 aliphatic carbocycles. The lowest BCUT2D eigenvalue weighted by Crippen LogP contribution is -2.26. The van der Waals surface area contributed by atoms with Crippen molar-refractivity contribution in [3.8, 4) is 0 Å². The number of aromatic nitrogens is 4. The summed E-state index contributed by atoms with van der Waals surface area (Å²) < 4.78 is 112. The number of alkyl halides is 6. The average molecular weight is 643 g/mol. The van der Waals surface area contributed by atoms with Crippen molar-refractivity contribution in [3.63, 3.8) is 0 Å². The van der Waals surface area contributed by atoms with Crippen LogP contribution in [0, 0.1) is 11.6 Å². The smallest absolute Gasteiger partial charge is 0.341 e. The highest BCUT2D eigenvalue weighted by atomic mass is 35.5. The summed E-state index contributed by atoms with van der Waals surface area (Å²) in [6.07, 6.45) is -7.31. The number of nitrogens with one attached hydrogen (secondary N) is 2. The van der Waals surface area contributed by atoms with Crippen LogP contribution in [0.1, 0.15) is 33.1 Å². The minimum absolute atomic E-state index is 0.00303. The fraction of sp³-hybridized carbons (Fsp3) is 0.185.